The van der Waals surface area contributed by atoms with Crippen LogP contribution in [0.25, 0.3) is 0 Å². The highest BCUT2D eigenvalue weighted by molar-refractivity contribution is 7.88. The maximum Gasteiger partial charge on any atom is 0.337 e. The lowest BCUT2D eigenvalue weighted by atomic mass is 10.1. The Kier molecular flexibility index (Phi) is 4.38. The van der Waals surface area contributed by atoms with E-state index in [4.69, 9.17) is 10.5 Å². The Bertz CT molecular complexity index is 637. The number of sulfonamides is 1. The molecule has 116 valence electrons. The number of nitrogens with two attached hydrogens (primary N) is 1. The number of rotatable bonds is 3. The van der Waals surface area contributed by atoms with E-state index in [9.17, 15) is 13.2 Å². The molecule has 1 aliphatic rings. The Morgan fingerprint density at radius 1 is 1.24 bits per heavy atom. The predicted octanol–water partition coefficient (Wildman–Crippen LogP) is 0.137. The molecule has 1 heterocycles. The Labute approximate surface area is 124 Å². The average molecular weight is 313 g/mol. The molecule has 7 nitrogen and oxygen atoms in total. The molecule has 0 amide bonds. The van der Waals surface area contributed by atoms with Crippen LogP contribution in [0, 0.1) is 0 Å². The van der Waals surface area contributed by atoms with Crippen molar-refractivity contribution in [1.82, 2.24) is 4.31 Å². The lowest BCUT2D eigenvalue weighted by molar-refractivity contribution is 0.0601. The second-order valence-corrected chi connectivity index (χ2v) is 6.90. The van der Waals surface area contributed by atoms with Gasteiger partial charge in [-0.25, -0.2) is 13.2 Å². The minimum Gasteiger partial charge on any atom is -0.465 e. The summed E-state index contributed by atoms with van der Waals surface area (Å²) in [6.45, 7) is 1.87. The van der Waals surface area contributed by atoms with E-state index in [1.807, 2.05) is 4.90 Å². The van der Waals surface area contributed by atoms with Crippen LogP contribution in [-0.4, -0.2) is 58.2 Å². The van der Waals surface area contributed by atoms with Crippen LogP contribution in [-0.2, 0) is 14.8 Å². The molecule has 1 aromatic carbocycles. The Balaban J connectivity index is 2.18. The van der Waals surface area contributed by atoms with Crippen molar-refractivity contribution in [2.45, 2.75) is 0 Å². The molecular formula is C13H19N3O4S. The van der Waals surface area contributed by atoms with Crippen LogP contribution in [0.5, 0.6) is 0 Å². The third-order valence-corrected chi connectivity index (χ3v) is 4.80. The zero-order chi connectivity index (χ0) is 15.6. The molecule has 8 heteroatoms. The summed E-state index contributed by atoms with van der Waals surface area (Å²) in [4.78, 5) is 13.5. The zero-order valence-electron chi connectivity index (χ0n) is 12.1. The standard InChI is InChI=1S/C13H19N3O4S/c1-20-13(17)10-3-4-11(14)12(9-10)15-5-7-16(8-6-15)21(2,18)19/h3-4,9H,5-8,14H2,1-2H3. The third-order valence-electron chi connectivity index (χ3n) is 3.50. The van der Waals surface area contributed by atoms with E-state index in [0.717, 1.165) is 5.69 Å². The topological polar surface area (TPSA) is 92.9 Å². The number of esters is 1. The Hall–Kier alpha value is -1.80. The summed E-state index contributed by atoms with van der Waals surface area (Å²) in [7, 11) is -1.84. The maximum absolute atomic E-state index is 11.6. The number of hydrogen-bond donors (Lipinski definition) is 1. The summed E-state index contributed by atoms with van der Waals surface area (Å²) in [5.74, 6) is -0.425. The molecule has 0 aliphatic carbocycles. The first-order chi connectivity index (χ1) is 9.82. The smallest absolute Gasteiger partial charge is 0.337 e. The minimum absolute atomic E-state index is 0.403. The van der Waals surface area contributed by atoms with Gasteiger partial charge in [-0.15, -0.1) is 0 Å². The SMILES string of the molecule is COC(=O)c1ccc(N)c(N2CCN(S(C)(=O)=O)CC2)c1. The van der Waals surface area contributed by atoms with Crippen molar-refractivity contribution in [2.24, 2.45) is 0 Å². The second-order valence-electron chi connectivity index (χ2n) is 4.91. The first-order valence-corrected chi connectivity index (χ1v) is 8.35. The molecule has 0 saturated carbocycles. The molecule has 1 aromatic rings. The van der Waals surface area contributed by atoms with Crippen molar-refractivity contribution in [1.29, 1.82) is 0 Å². The number of piperazine rings is 1. The van der Waals surface area contributed by atoms with Gasteiger partial charge in [0, 0.05) is 26.2 Å². The highest BCUT2D eigenvalue weighted by Gasteiger charge is 2.24. The van der Waals surface area contributed by atoms with E-state index >= 15 is 0 Å². The van der Waals surface area contributed by atoms with Crippen molar-refractivity contribution >= 4 is 27.4 Å². The molecule has 2 N–H and O–H groups in total. The molecule has 1 fully saturated rings. The second kappa shape index (κ2) is 5.90. The predicted molar refractivity (Wildman–Crippen MR) is 80.8 cm³/mol. The van der Waals surface area contributed by atoms with Crippen molar-refractivity contribution in [2.75, 3.05) is 50.2 Å². The minimum atomic E-state index is -3.17. The number of carbonyl (C=O) groups is 1. The quantitative estimate of drug-likeness (QED) is 0.630. The van der Waals surface area contributed by atoms with E-state index in [2.05, 4.69) is 0 Å². The average Bonchev–Trinajstić information content (AvgIpc) is 2.46. The van der Waals surface area contributed by atoms with E-state index in [-0.39, 0.29) is 0 Å². The largest absolute Gasteiger partial charge is 0.465 e. The number of carbonyl (C=O) groups excluding carboxylic acids is 1. The molecule has 0 spiro atoms. The number of ether oxygens (including phenoxy) is 1. The summed E-state index contributed by atoms with van der Waals surface area (Å²) in [5, 5.41) is 0. The molecule has 0 bridgehead atoms. The monoisotopic (exact) mass is 313 g/mol. The lowest BCUT2D eigenvalue weighted by Gasteiger charge is -2.35. The summed E-state index contributed by atoms with van der Waals surface area (Å²) >= 11 is 0. The van der Waals surface area contributed by atoms with E-state index < -0.39 is 16.0 Å². The lowest BCUT2D eigenvalue weighted by Crippen LogP contribution is -2.48. The van der Waals surface area contributed by atoms with Crippen molar-refractivity contribution in [3.8, 4) is 0 Å². The van der Waals surface area contributed by atoms with Crippen LogP contribution in [0.1, 0.15) is 10.4 Å². The van der Waals surface area contributed by atoms with Gasteiger partial charge >= 0.3 is 5.97 Å². The van der Waals surface area contributed by atoms with Crippen molar-refractivity contribution < 1.29 is 17.9 Å². The Morgan fingerprint density at radius 2 is 1.86 bits per heavy atom. The number of anilines is 2. The fraction of sp³-hybridized carbons (Fsp3) is 0.462. The molecule has 0 radical (unpaired) electrons. The van der Waals surface area contributed by atoms with Gasteiger partial charge in [0.25, 0.3) is 0 Å². The Morgan fingerprint density at radius 3 is 2.38 bits per heavy atom. The van der Waals surface area contributed by atoms with Gasteiger partial charge in [0.2, 0.25) is 10.0 Å². The van der Waals surface area contributed by atoms with Gasteiger partial charge in [0.05, 0.1) is 30.3 Å². The van der Waals surface area contributed by atoms with E-state index in [0.29, 0.717) is 37.4 Å². The number of methoxy groups -OCH3 is 1. The molecule has 21 heavy (non-hydrogen) atoms. The van der Waals surface area contributed by atoms with E-state index in [1.54, 1.807) is 18.2 Å². The molecule has 0 atom stereocenters. The van der Waals surface area contributed by atoms with E-state index in [1.165, 1.54) is 17.7 Å². The molecule has 0 aromatic heterocycles. The van der Waals surface area contributed by atoms with Crippen LogP contribution in [0.15, 0.2) is 18.2 Å². The normalized spacial score (nSPS) is 16.8. The van der Waals surface area contributed by atoms with Gasteiger partial charge in [-0.3, -0.25) is 0 Å². The van der Waals surface area contributed by atoms with Gasteiger partial charge in [-0.1, -0.05) is 0 Å². The van der Waals surface area contributed by atoms with Crippen LogP contribution in [0.4, 0.5) is 11.4 Å². The number of hydrogen-bond acceptors (Lipinski definition) is 6. The number of nitrogens with zero attached hydrogens (tertiary/aromatic N) is 2. The number of benzene rings is 1. The summed E-state index contributed by atoms with van der Waals surface area (Å²) in [6, 6.07) is 4.94. The first-order valence-electron chi connectivity index (χ1n) is 6.51. The third kappa shape index (κ3) is 3.45. The van der Waals surface area contributed by atoms with Gasteiger partial charge in [0.1, 0.15) is 0 Å². The van der Waals surface area contributed by atoms with Crippen LogP contribution in [0.2, 0.25) is 0 Å². The summed E-state index contributed by atoms with van der Waals surface area (Å²) < 4.78 is 29.1. The van der Waals surface area contributed by atoms with Crippen molar-refractivity contribution in [3.05, 3.63) is 23.8 Å². The van der Waals surface area contributed by atoms with Gasteiger partial charge < -0.3 is 15.4 Å². The first kappa shape index (κ1) is 15.6. The number of nitrogen functional groups attached to an aromatic ring is 1. The zero-order valence-corrected chi connectivity index (χ0v) is 12.9. The summed E-state index contributed by atoms with van der Waals surface area (Å²) in [6.07, 6.45) is 1.20. The van der Waals surface area contributed by atoms with Gasteiger partial charge in [0.15, 0.2) is 0 Å². The molecule has 0 unspecified atom stereocenters. The van der Waals surface area contributed by atoms with Gasteiger partial charge in [-0.2, -0.15) is 4.31 Å². The van der Waals surface area contributed by atoms with Crippen LogP contribution in [0.3, 0.4) is 0 Å². The van der Waals surface area contributed by atoms with Crippen LogP contribution < -0.4 is 10.6 Å². The van der Waals surface area contributed by atoms with Crippen LogP contribution >= 0.6 is 0 Å². The fourth-order valence-corrected chi connectivity index (χ4v) is 3.15. The van der Waals surface area contributed by atoms with Gasteiger partial charge in [-0.05, 0) is 18.2 Å². The summed E-state index contributed by atoms with van der Waals surface area (Å²) in [5.41, 5.74) is 7.66. The highest BCUT2D eigenvalue weighted by Crippen LogP contribution is 2.26. The molecule has 2 rings (SSSR count). The maximum atomic E-state index is 11.6. The molecular weight excluding hydrogens is 294 g/mol. The van der Waals surface area contributed by atoms with Crippen molar-refractivity contribution in [3.63, 3.8) is 0 Å². The fourth-order valence-electron chi connectivity index (χ4n) is 2.32. The molecule has 1 aliphatic heterocycles. The molecule has 1 saturated heterocycles. The highest BCUT2D eigenvalue weighted by atomic mass is 32.2.